The standard InChI is InChI=1S/C30H24N.ClHO4/c1-23-17-19-26(20-18-23)30-22-27(24-11-5-2-6-12-24)21-29(25-13-7-3-8-14-25)31(30)28-15-9-4-10-16-28;2-1(3,4)5/h2-22H,1H3;(H,2,3,4,5)/q+1;/p-1. The lowest BCUT2D eigenvalue weighted by Gasteiger charge is -2.17. The van der Waals surface area contributed by atoms with E-state index in [0.717, 1.165) is 5.69 Å². The van der Waals surface area contributed by atoms with Crippen molar-refractivity contribution in [3.63, 3.8) is 0 Å². The van der Waals surface area contributed by atoms with Crippen LogP contribution in [0.1, 0.15) is 5.56 Å². The summed E-state index contributed by atoms with van der Waals surface area (Å²) in [5, 5.41) is 0. The van der Waals surface area contributed by atoms with E-state index in [1.54, 1.807) is 0 Å². The number of pyridine rings is 1. The molecule has 0 atom stereocenters. The molecule has 0 fully saturated rings. The number of rotatable bonds is 4. The Hall–Kier alpha value is -3.84. The summed E-state index contributed by atoms with van der Waals surface area (Å²) in [5.41, 5.74) is 9.57. The highest BCUT2D eigenvalue weighted by molar-refractivity contribution is 5.74. The first-order valence-electron chi connectivity index (χ1n) is 11.2. The first-order valence-corrected chi connectivity index (χ1v) is 12.5. The third-order valence-corrected chi connectivity index (χ3v) is 5.60. The largest absolute Gasteiger partial charge is 0.222 e. The zero-order chi connectivity index (χ0) is 25.5. The fraction of sp³-hybridized carbons (Fsp3) is 0.0333. The van der Waals surface area contributed by atoms with Gasteiger partial charge >= 0.3 is 0 Å². The van der Waals surface area contributed by atoms with Crippen LogP contribution >= 0.6 is 0 Å². The molecule has 0 aliphatic carbocycles. The monoisotopic (exact) mass is 497 g/mol. The van der Waals surface area contributed by atoms with Crippen molar-refractivity contribution >= 4 is 0 Å². The molecule has 5 aromatic rings. The Morgan fingerprint density at radius 1 is 0.472 bits per heavy atom. The number of para-hydroxylation sites is 1. The van der Waals surface area contributed by atoms with E-state index in [0.29, 0.717) is 0 Å². The van der Waals surface area contributed by atoms with Crippen LogP contribution in [0.4, 0.5) is 0 Å². The number of nitrogens with zero attached hydrogens (tertiary/aromatic N) is 1. The molecule has 0 saturated heterocycles. The Morgan fingerprint density at radius 3 is 1.33 bits per heavy atom. The molecule has 0 radical (unpaired) electrons. The number of aryl methyl sites for hydroxylation is 1. The Morgan fingerprint density at radius 2 is 0.861 bits per heavy atom. The van der Waals surface area contributed by atoms with Crippen molar-refractivity contribution in [1.29, 1.82) is 0 Å². The van der Waals surface area contributed by atoms with Crippen LogP contribution in [0.5, 0.6) is 0 Å². The summed E-state index contributed by atoms with van der Waals surface area (Å²) >= 11 is 0. The molecule has 4 aromatic carbocycles. The minimum atomic E-state index is -4.94. The van der Waals surface area contributed by atoms with Gasteiger partial charge in [-0.2, -0.15) is 4.57 Å². The van der Waals surface area contributed by atoms with Crippen molar-refractivity contribution in [1.82, 2.24) is 0 Å². The third-order valence-electron chi connectivity index (χ3n) is 5.60. The van der Waals surface area contributed by atoms with Crippen molar-refractivity contribution in [2.24, 2.45) is 0 Å². The summed E-state index contributed by atoms with van der Waals surface area (Å²) in [6, 6.07) is 45.3. The van der Waals surface area contributed by atoms with Crippen molar-refractivity contribution in [3.05, 3.63) is 133 Å². The van der Waals surface area contributed by atoms with Crippen molar-refractivity contribution in [3.8, 4) is 39.3 Å². The van der Waals surface area contributed by atoms with E-state index in [1.807, 2.05) is 0 Å². The SMILES string of the molecule is Cc1ccc(-c2cc(-c3ccccc3)cc(-c3ccccc3)[n+]2-c2ccccc2)cc1.[O-][Cl+3]([O-])([O-])[O-]. The van der Waals surface area contributed by atoms with Crippen LogP contribution in [-0.2, 0) is 0 Å². The molecular formula is C30H24ClNO4. The molecule has 1 aromatic heterocycles. The predicted molar refractivity (Wildman–Crippen MR) is 129 cm³/mol. The quantitative estimate of drug-likeness (QED) is 0.356. The highest BCUT2D eigenvalue weighted by Crippen LogP contribution is 2.30. The Kier molecular flexibility index (Phi) is 7.90. The first-order chi connectivity index (χ1) is 17.3. The van der Waals surface area contributed by atoms with Gasteiger partial charge in [-0.15, -0.1) is 10.2 Å². The summed E-state index contributed by atoms with van der Waals surface area (Å²) in [7, 11) is -4.94. The summed E-state index contributed by atoms with van der Waals surface area (Å²) in [6.07, 6.45) is 0. The van der Waals surface area contributed by atoms with E-state index in [9.17, 15) is 0 Å². The maximum absolute atomic E-state index is 8.49. The van der Waals surface area contributed by atoms with Gasteiger partial charge in [0.2, 0.25) is 17.1 Å². The topological polar surface area (TPSA) is 96.1 Å². The third kappa shape index (κ3) is 6.64. The van der Waals surface area contributed by atoms with Gasteiger partial charge < -0.3 is 0 Å². The van der Waals surface area contributed by atoms with Gasteiger partial charge in [0.25, 0.3) is 0 Å². The molecule has 0 spiro atoms. The van der Waals surface area contributed by atoms with Gasteiger partial charge in [-0.05, 0) is 42.3 Å². The Labute approximate surface area is 212 Å². The van der Waals surface area contributed by atoms with E-state index in [1.165, 1.54) is 39.2 Å². The number of hydrogen-bond acceptors (Lipinski definition) is 4. The second kappa shape index (κ2) is 11.3. The van der Waals surface area contributed by atoms with Gasteiger partial charge in [-0.1, -0.05) is 84.4 Å². The molecule has 5 rings (SSSR count). The second-order valence-corrected chi connectivity index (χ2v) is 8.92. The van der Waals surface area contributed by atoms with Gasteiger partial charge in [-0.3, -0.25) is 0 Å². The number of aromatic nitrogens is 1. The number of hydrogen-bond donors (Lipinski definition) is 0. The number of benzene rings is 4. The average Bonchev–Trinajstić information content (AvgIpc) is 2.89. The van der Waals surface area contributed by atoms with Crippen LogP contribution in [0, 0.1) is 17.2 Å². The summed E-state index contributed by atoms with van der Waals surface area (Å²) in [5.74, 6) is 0. The fourth-order valence-corrected chi connectivity index (χ4v) is 4.01. The van der Waals surface area contributed by atoms with Gasteiger partial charge in [0, 0.05) is 35.4 Å². The molecule has 0 aliphatic rings. The Bertz CT molecular complexity index is 1400. The fourth-order valence-electron chi connectivity index (χ4n) is 4.01. The summed E-state index contributed by atoms with van der Waals surface area (Å²) in [6.45, 7) is 2.13. The first kappa shape index (κ1) is 25.3. The molecular weight excluding hydrogens is 474 g/mol. The molecule has 6 heteroatoms. The summed E-state index contributed by atoms with van der Waals surface area (Å²) < 4.78 is 36.3. The van der Waals surface area contributed by atoms with Crippen LogP contribution in [0.15, 0.2) is 127 Å². The predicted octanol–water partition coefficient (Wildman–Crippen LogP) is 2.52. The minimum absolute atomic E-state index is 1.15. The van der Waals surface area contributed by atoms with E-state index in [2.05, 4.69) is 139 Å². The zero-order valence-corrected chi connectivity index (χ0v) is 20.3. The molecule has 0 N–H and O–H groups in total. The maximum Gasteiger partial charge on any atom is 0.219 e. The van der Waals surface area contributed by atoms with Crippen molar-refractivity contribution in [2.45, 2.75) is 6.92 Å². The normalized spacial score (nSPS) is 10.9. The summed E-state index contributed by atoms with van der Waals surface area (Å²) in [4.78, 5) is 0. The highest BCUT2D eigenvalue weighted by Gasteiger charge is 2.24. The molecule has 0 saturated carbocycles. The van der Waals surface area contributed by atoms with E-state index < -0.39 is 10.2 Å². The molecule has 36 heavy (non-hydrogen) atoms. The lowest BCUT2D eigenvalue weighted by atomic mass is 9.98. The molecule has 5 nitrogen and oxygen atoms in total. The number of halogens is 1. The van der Waals surface area contributed by atoms with Gasteiger partial charge in [0.05, 0.1) is 0 Å². The van der Waals surface area contributed by atoms with Gasteiger partial charge in [-0.25, -0.2) is 18.6 Å². The smallest absolute Gasteiger partial charge is 0.219 e. The van der Waals surface area contributed by atoms with Gasteiger partial charge in [0.1, 0.15) is 0 Å². The van der Waals surface area contributed by atoms with E-state index in [4.69, 9.17) is 18.6 Å². The molecule has 0 aliphatic heterocycles. The molecule has 180 valence electrons. The maximum atomic E-state index is 8.49. The van der Waals surface area contributed by atoms with E-state index in [-0.39, 0.29) is 0 Å². The second-order valence-electron chi connectivity index (χ2n) is 8.16. The van der Waals surface area contributed by atoms with Crippen LogP contribution in [0.2, 0.25) is 0 Å². The lowest BCUT2D eigenvalue weighted by Crippen LogP contribution is -2.68. The molecule has 0 bridgehead atoms. The molecule has 1 heterocycles. The van der Waals surface area contributed by atoms with Crippen LogP contribution in [-0.4, -0.2) is 0 Å². The van der Waals surface area contributed by atoms with Crippen molar-refractivity contribution in [2.75, 3.05) is 0 Å². The lowest BCUT2D eigenvalue weighted by molar-refractivity contribution is -2.00. The van der Waals surface area contributed by atoms with Crippen LogP contribution < -0.4 is 23.2 Å². The average molecular weight is 498 g/mol. The molecule has 0 amide bonds. The van der Waals surface area contributed by atoms with Gasteiger partial charge in [0.15, 0.2) is 0 Å². The Balaban J connectivity index is 0.000000556. The molecule has 0 unspecified atom stereocenters. The van der Waals surface area contributed by atoms with Crippen LogP contribution in [0.3, 0.4) is 0 Å². The highest BCUT2D eigenvalue weighted by atomic mass is 35.7. The van der Waals surface area contributed by atoms with Crippen LogP contribution in [0.25, 0.3) is 39.3 Å². The van der Waals surface area contributed by atoms with Crippen molar-refractivity contribution < 1.29 is 33.4 Å². The van der Waals surface area contributed by atoms with E-state index >= 15 is 0 Å². The minimum Gasteiger partial charge on any atom is -0.222 e. The zero-order valence-electron chi connectivity index (χ0n) is 19.6.